The molecular weight excluding hydrogens is 284 g/mol. The Labute approximate surface area is 139 Å². The Hall–Kier alpha value is -1.31. The van der Waals surface area contributed by atoms with Gasteiger partial charge in [-0.2, -0.15) is 0 Å². The highest BCUT2D eigenvalue weighted by Gasteiger charge is 2.57. The normalized spacial score (nSPS) is 50.3. The number of hydrogen-bond donors (Lipinski definition) is 1. The predicted octanol–water partition coefficient (Wildman–Crippen LogP) is 4.98. The molecule has 0 unspecified atom stereocenters. The van der Waals surface area contributed by atoms with Crippen LogP contribution in [0.3, 0.4) is 0 Å². The Morgan fingerprint density at radius 2 is 2.04 bits per heavy atom. The first-order valence-electron chi connectivity index (χ1n) is 9.17. The van der Waals surface area contributed by atoms with Crippen molar-refractivity contribution in [1.29, 1.82) is 0 Å². The Kier molecular flexibility index (Phi) is 3.21. The van der Waals surface area contributed by atoms with Crippen LogP contribution in [-0.2, 0) is 4.79 Å². The average molecular weight is 312 g/mol. The molecule has 0 aromatic carbocycles. The molecule has 0 spiro atoms. The first kappa shape index (κ1) is 15.2. The Morgan fingerprint density at radius 1 is 1.26 bits per heavy atom. The number of fused-ring (bicyclic) bond motifs is 5. The number of aliphatic hydroxyl groups excluding tert-OH is 1. The molecule has 2 nitrogen and oxygen atoms in total. The van der Waals surface area contributed by atoms with Crippen LogP contribution < -0.4 is 0 Å². The zero-order chi connectivity index (χ0) is 16.4. The molecule has 0 amide bonds. The molecule has 2 fully saturated rings. The van der Waals surface area contributed by atoms with E-state index in [2.05, 4.69) is 32.9 Å². The number of hydrogen-bond acceptors (Lipinski definition) is 2. The summed E-state index contributed by atoms with van der Waals surface area (Å²) < 4.78 is 0. The summed E-state index contributed by atoms with van der Waals surface area (Å²) in [5, 5.41) is 9.46. The summed E-state index contributed by atoms with van der Waals surface area (Å²) in [7, 11) is 0. The zero-order valence-electron chi connectivity index (χ0n) is 14.5. The van der Waals surface area contributed by atoms with E-state index in [1.807, 2.05) is 6.08 Å². The molecule has 2 saturated carbocycles. The van der Waals surface area contributed by atoms with Crippen molar-refractivity contribution in [3.8, 4) is 0 Å². The van der Waals surface area contributed by atoms with Crippen LogP contribution in [0.15, 0.2) is 35.6 Å². The molecule has 2 heteroatoms. The molecular formula is C21H28O2. The van der Waals surface area contributed by atoms with Crippen molar-refractivity contribution in [2.45, 2.75) is 52.9 Å². The highest BCUT2D eigenvalue weighted by molar-refractivity contribution is 6.05. The van der Waals surface area contributed by atoms with Gasteiger partial charge in [0.1, 0.15) is 0 Å². The van der Waals surface area contributed by atoms with Crippen molar-refractivity contribution < 1.29 is 9.90 Å². The van der Waals surface area contributed by atoms with Crippen LogP contribution in [0.25, 0.3) is 0 Å². The van der Waals surface area contributed by atoms with Gasteiger partial charge in [-0.05, 0) is 72.7 Å². The highest BCUT2D eigenvalue weighted by Crippen LogP contribution is 2.65. The molecule has 0 aromatic rings. The number of rotatable bonds is 0. The third-order valence-electron chi connectivity index (χ3n) is 8.02. The molecule has 6 atom stereocenters. The molecule has 4 aliphatic rings. The first-order valence-corrected chi connectivity index (χ1v) is 9.17. The topological polar surface area (TPSA) is 37.3 Å². The maximum Gasteiger partial charge on any atom is 0.184 e. The minimum atomic E-state index is 0.0217. The molecule has 0 saturated heterocycles. The van der Waals surface area contributed by atoms with E-state index in [0.29, 0.717) is 28.7 Å². The zero-order valence-corrected chi connectivity index (χ0v) is 14.5. The van der Waals surface area contributed by atoms with Gasteiger partial charge in [0.15, 0.2) is 5.78 Å². The van der Waals surface area contributed by atoms with E-state index in [-0.39, 0.29) is 11.2 Å². The highest BCUT2D eigenvalue weighted by atomic mass is 16.2. The predicted molar refractivity (Wildman–Crippen MR) is 91.9 cm³/mol. The summed E-state index contributed by atoms with van der Waals surface area (Å²) in [6, 6.07) is 0. The molecule has 4 rings (SSSR count). The minimum Gasteiger partial charge on any atom is -0.515 e. The van der Waals surface area contributed by atoms with Crippen LogP contribution in [0.1, 0.15) is 52.9 Å². The van der Waals surface area contributed by atoms with Crippen molar-refractivity contribution in [2.75, 3.05) is 0 Å². The van der Waals surface area contributed by atoms with E-state index in [4.69, 9.17) is 0 Å². The van der Waals surface area contributed by atoms with E-state index >= 15 is 0 Å². The third kappa shape index (κ3) is 1.90. The molecule has 0 aromatic heterocycles. The van der Waals surface area contributed by atoms with Gasteiger partial charge in [0.2, 0.25) is 0 Å². The molecule has 0 aliphatic heterocycles. The summed E-state index contributed by atoms with van der Waals surface area (Å²) >= 11 is 0. The van der Waals surface area contributed by atoms with Gasteiger partial charge in [0.25, 0.3) is 0 Å². The van der Waals surface area contributed by atoms with Crippen LogP contribution in [-0.4, -0.2) is 10.9 Å². The monoisotopic (exact) mass is 312 g/mol. The molecule has 0 radical (unpaired) electrons. The maximum absolute atomic E-state index is 12.1. The van der Waals surface area contributed by atoms with Gasteiger partial charge >= 0.3 is 0 Å². The molecule has 4 aliphatic carbocycles. The Bertz CT molecular complexity index is 640. The van der Waals surface area contributed by atoms with Crippen molar-refractivity contribution in [2.24, 2.45) is 34.5 Å². The van der Waals surface area contributed by atoms with E-state index in [1.54, 1.807) is 0 Å². The van der Waals surface area contributed by atoms with Gasteiger partial charge in [-0.3, -0.25) is 4.79 Å². The summed E-state index contributed by atoms with van der Waals surface area (Å²) in [5.74, 6) is 2.75. The lowest BCUT2D eigenvalue weighted by molar-refractivity contribution is -0.113. The Balaban J connectivity index is 1.73. The van der Waals surface area contributed by atoms with Crippen LogP contribution in [0, 0.1) is 34.5 Å². The maximum atomic E-state index is 12.1. The van der Waals surface area contributed by atoms with Crippen LogP contribution in [0.4, 0.5) is 0 Å². The van der Waals surface area contributed by atoms with Crippen molar-refractivity contribution in [3.05, 3.63) is 35.6 Å². The lowest BCUT2D eigenvalue weighted by Gasteiger charge is -2.58. The van der Waals surface area contributed by atoms with E-state index in [1.165, 1.54) is 24.8 Å². The average Bonchev–Trinajstić information content (AvgIpc) is 2.83. The number of carbonyl (C=O) groups is 1. The number of allylic oxidation sites excluding steroid dienone is 5. The third-order valence-corrected chi connectivity index (χ3v) is 8.02. The lowest BCUT2D eigenvalue weighted by Crippen LogP contribution is -2.50. The second kappa shape index (κ2) is 4.84. The van der Waals surface area contributed by atoms with Gasteiger partial charge in [-0.25, -0.2) is 0 Å². The van der Waals surface area contributed by atoms with Gasteiger partial charge in [0, 0.05) is 5.57 Å². The minimum absolute atomic E-state index is 0.0217. The Morgan fingerprint density at radius 3 is 2.78 bits per heavy atom. The summed E-state index contributed by atoms with van der Waals surface area (Å²) in [6.45, 7) is 7.20. The van der Waals surface area contributed by atoms with Crippen molar-refractivity contribution >= 4 is 5.78 Å². The summed E-state index contributed by atoms with van der Waals surface area (Å²) in [6.07, 6.45) is 13.3. The van der Waals surface area contributed by atoms with E-state index in [0.717, 1.165) is 25.0 Å². The van der Waals surface area contributed by atoms with E-state index in [9.17, 15) is 9.90 Å². The smallest absolute Gasteiger partial charge is 0.184 e. The van der Waals surface area contributed by atoms with Gasteiger partial charge < -0.3 is 5.11 Å². The summed E-state index contributed by atoms with van der Waals surface area (Å²) in [5.41, 5.74) is 2.43. The summed E-state index contributed by atoms with van der Waals surface area (Å²) in [4.78, 5) is 12.1. The fraction of sp³-hybridized carbons (Fsp3) is 0.667. The quantitative estimate of drug-likeness (QED) is 0.389. The van der Waals surface area contributed by atoms with Crippen molar-refractivity contribution in [1.82, 2.24) is 0 Å². The number of ketones is 1. The van der Waals surface area contributed by atoms with E-state index < -0.39 is 0 Å². The first-order chi connectivity index (χ1) is 10.9. The number of carbonyl (C=O) groups excluding carboxylic acids is 1. The largest absolute Gasteiger partial charge is 0.515 e. The molecule has 23 heavy (non-hydrogen) atoms. The molecule has 124 valence electrons. The second-order valence-electron chi connectivity index (χ2n) is 8.84. The van der Waals surface area contributed by atoms with Gasteiger partial charge in [0.05, 0.1) is 6.26 Å². The molecule has 1 N–H and O–H groups in total. The van der Waals surface area contributed by atoms with Crippen LogP contribution in [0.5, 0.6) is 0 Å². The fourth-order valence-electron chi connectivity index (χ4n) is 6.33. The van der Waals surface area contributed by atoms with Crippen LogP contribution in [0.2, 0.25) is 0 Å². The fourth-order valence-corrected chi connectivity index (χ4v) is 6.33. The van der Waals surface area contributed by atoms with Crippen molar-refractivity contribution in [3.63, 3.8) is 0 Å². The van der Waals surface area contributed by atoms with Gasteiger partial charge in [-0.15, -0.1) is 0 Å². The molecule has 0 heterocycles. The van der Waals surface area contributed by atoms with Crippen LogP contribution >= 0.6 is 0 Å². The van der Waals surface area contributed by atoms with Gasteiger partial charge in [-0.1, -0.05) is 38.5 Å². The number of aliphatic hydroxyl groups is 1. The lowest BCUT2D eigenvalue weighted by atomic mass is 9.46. The molecule has 0 bridgehead atoms. The SMILES string of the molecule is C[C@H]1C=C[C@H]2[C@@H]3CCC4=CC(=O)/C(=C\O)C[C@]4(C)[C@H]3CC[C@]12C. The second-order valence-corrected chi connectivity index (χ2v) is 8.84. The standard InChI is InChI=1S/C21H28O2/c1-13-4-7-17-16-6-5-15-10-19(23)14(12-22)11-21(15,3)18(16)8-9-20(13,17)2/h4,7,10,12-13,16-18,22H,5-6,8-9,11H2,1-3H3/b14-12-/t13-,16-,17-,18-,20+,21-/m0/s1.